The Kier molecular flexibility index (Phi) is 3.41. The first-order valence-corrected chi connectivity index (χ1v) is 7.15. The largest absolute Gasteiger partial charge is 0.465 e. The number of carbonyl (C=O) groups is 1. The van der Waals surface area contributed by atoms with E-state index in [4.69, 9.17) is 16.7 Å². The summed E-state index contributed by atoms with van der Waals surface area (Å²) in [4.78, 5) is 12.5. The molecular weight excluding hydrogens is 280 g/mol. The number of hydrogen-bond donors (Lipinski definition) is 2. The lowest BCUT2D eigenvalue weighted by atomic mass is 10.0. The quantitative estimate of drug-likeness (QED) is 0.875. The molecule has 7 heteroatoms. The lowest BCUT2D eigenvalue weighted by molar-refractivity contribution is 0.152. The van der Waals surface area contributed by atoms with Crippen LogP contribution in [0.5, 0.6) is 0 Å². The van der Waals surface area contributed by atoms with E-state index in [2.05, 4.69) is 15.5 Å². The van der Waals surface area contributed by atoms with E-state index in [1.54, 1.807) is 6.07 Å². The highest BCUT2D eigenvalue weighted by Gasteiger charge is 2.42. The lowest BCUT2D eigenvalue weighted by Gasteiger charge is -2.18. The van der Waals surface area contributed by atoms with E-state index in [0.717, 1.165) is 24.2 Å². The van der Waals surface area contributed by atoms with Crippen LogP contribution in [0.15, 0.2) is 6.07 Å². The first kappa shape index (κ1) is 13.4. The fourth-order valence-corrected chi connectivity index (χ4v) is 3.56. The van der Waals surface area contributed by atoms with E-state index in [-0.39, 0.29) is 0 Å². The van der Waals surface area contributed by atoms with E-state index in [0.29, 0.717) is 36.1 Å². The van der Waals surface area contributed by atoms with Crippen LogP contribution in [0.1, 0.15) is 18.4 Å². The maximum Gasteiger partial charge on any atom is 0.407 e. The molecule has 0 bridgehead atoms. The van der Waals surface area contributed by atoms with Gasteiger partial charge in [0.1, 0.15) is 0 Å². The van der Waals surface area contributed by atoms with Crippen LogP contribution in [-0.4, -0.2) is 45.4 Å². The number of fused-ring (bicyclic) bond motifs is 1. The number of carboxylic acid groups (broad SMARTS) is 1. The molecule has 2 heterocycles. The SMILES string of the molecule is Cc1cc(Cl)nnc1NC1C[C@@H]2CN(C(=O)O)C[C@@H]2C1. The molecule has 0 aromatic carbocycles. The predicted molar refractivity (Wildman–Crippen MR) is 75.0 cm³/mol. The zero-order chi connectivity index (χ0) is 14.3. The smallest absolute Gasteiger partial charge is 0.407 e. The van der Waals surface area contributed by atoms with Crippen molar-refractivity contribution in [2.24, 2.45) is 11.8 Å². The Morgan fingerprint density at radius 2 is 2.05 bits per heavy atom. The first-order valence-electron chi connectivity index (χ1n) is 6.77. The lowest BCUT2D eigenvalue weighted by Crippen LogP contribution is -2.29. The number of nitrogens with one attached hydrogen (secondary N) is 1. The summed E-state index contributed by atoms with van der Waals surface area (Å²) in [6, 6.07) is 2.13. The number of aromatic nitrogens is 2. The van der Waals surface area contributed by atoms with Crippen LogP contribution in [0.4, 0.5) is 10.6 Å². The topological polar surface area (TPSA) is 78.4 Å². The summed E-state index contributed by atoms with van der Waals surface area (Å²) < 4.78 is 0. The Morgan fingerprint density at radius 1 is 1.40 bits per heavy atom. The van der Waals surface area contributed by atoms with Crippen molar-refractivity contribution in [3.8, 4) is 0 Å². The molecule has 0 radical (unpaired) electrons. The predicted octanol–water partition coefficient (Wildman–Crippen LogP) is 2.24. The minimum Gasteiger partial charge on any atom is -0.465 e. The second-order valence-electron chi connectivity index (χ2n) is 5.72. The summed E-state index contributed by atoms with van der Waals surface area (Å²) in [5.41, 5.74) is 0.981. The highest BCUT2D eigenvalue weighted by Crippen LogP contribution is 2.39. The summed E-state index contributed by atoms with van der Waals surface area (Å²) in [6.45, 7) is 3.26. The Morgan fingerprint density at radius 3 is 2.60 bits per heavy atom. The van der Waals surface area contributed by atoms with Crippen LogP contribution in [0.25, 0.3) is 0 Å². The average Bonchev–Trinajstić information content (AvgIpc) is 2.90. The van der Waals surface area contributed by atoms with Crippen molar-refractivity contribution < 1.29 is 9.90 Å². The minimum atomic E-state index is -0.802. The highest BCUT2D eigenvalue weighted by molar-refractivity contribution is 6.29. The highest BCUT2D eigenvalue weighted by atomic mass is 35.5. The van der Waals surface area contributed by atoms with Crippen molar-refractivity contribution in [1.29, 1.82) is 0 Å². The molecule has 108 valence electrons. The number of nitrogens with zero attached hydrogens (tertiary/aromatic N) is 3. The van der Waals surface area contributed by atoms with E-state index in [9.17, 15) is 4.79 Å². The van der Waals surface area contributed by atoms with Crippen molar-refractivity contribution in [2.45, 2.75) is 25.8 Å². The number of aryl methyl sites for hydroxylation is 1. The van der Waals surface area contributed by atoms with Crippen LogP contribution in [0.2, 0.25) is 5.15 Å². The third-order valence-corrected chi connectivity index (χ3v) is 4.50. The molecule has 2 fully saturated rings. The second kappa shape index (κ2) is 5.09. The molecule has 1 saturated heterocycles. The zero-order valence-corrected chi connectivity index (χ0v) is 12.0. The molecule has 1 amide bonds. The second-order valence-corrected chi connectivity index (χ2v) is 6.11. The van der Waals surface area contributed by atoms with Crippen LogP contribution >= 0.6 is 11.6 Å². The van der Waals surface area contributed by atoms with Gasteiger partial charge in [0, 0.05) is 19.1 Å². The fraction of sp³-hybridized carbons (Fsp3) is 0.615. The maximum atomic E-state index is 11.0. The standard InChI is InChI=1S/C13H17ClN4O2/c1-7-2-11(14)16-17-12(7)15-10-3-8-5-18(13(19)20)6-9(8)4-10/h2,8-10H,3-6H2,1H3,(H,15,17)(H,19,20)/t8-,9+,10?. The summed E-state index contributed by atoms with van der Waals surface area (Å²) in [5.74, 6) is 1.70. The normalized spacial score (nSPS) is 28.5. The van der Waals surface area contributed by atoms with Gasteiger partial charge in [-0.2, -0.15) is 0 Å². The molecular formula is C13H17ClN4O2. The van der Waals surface area contributed by atoms with Crippen molar-refractivity contribution in [3.05, 3.63) is 16.8 Å². The minimum absolute atomic E-state index is 0.343. The number of anilines is 1. The Balaban J connectivity index is 1.61. The molecule has 0 spiro atoms. The van der Waals surface area contributed by atoms with Crippen molar-refractivity contribution in [3.63, 3.8) is 0 Å². The van der Waals surface area contributed by atoms with Gasteiger partial charge in [0.15, 0.2) is 11.0 Å². The summed E-state index contributed by atoms with van der Waals surface area (Å²) in [7, 11) is 0. The van der Waals surface area contributed by atoms with Gasteiger partial charge < -0.3 is 15.3 Å². The average molecular weight is 297 g/mol. The number of halogens is 1. The molecule has 2 aliphatic rings. The summed E-state index contributed by atoms with van der Waals surface area (Å²) in [5, 5.41) is 20.8. The third kappa shape index (κ3) is 2.52. The number of likely N-dealkylation sites (tertiary alicyclic amines) is 1. The Labute approximate surface area is 122 Å². The van der Waals surface area contributed by atoms with E-state index >= 15 is 0 Å². The van der Waals surface area contributed by atoms with Crippen molar-refractivity contribution >= 4 is 23.5 Å². The number of hydrogen-bond acceptors (Lipinski definition) is 4. The van der Waals surface area contributed by atoms with Gasteiger partial charge in [-0.3, -0.25) is 0 Å². The van der Waals surface area contributed by atoms with E-state index < -0.39 is 6.09 Å². The molecule has 3 rings (SSSR count). The molecule has 1 saturated carbocycles. The maximum absolute atomic E-state index is 11.0. The van der Waals surface area contributed by atoms with Crippen LogP contribution in [-0.2, 0) is 0 Å². The third-order valence-electron chi connectivity index (χ3n) is 4.32. The van der Waals surface area contributed by atoms with Gasteiger partial charge in [-0.1, -0.05) is 11.6 Å². The molecule has 20 heavy (non-hydrogen) atoms. The zero-order valence-electron chi connectivity index (χ0n) is 11.2. The molecule has 1 aromatic rings. The molecule has 1 aliphatic carbocycles. The van der Waals surface area contributed by atoms with E-state index in [1.807, 2.05) is 6.92 Å². The fourth-order valence-electron chi connectivity index (χ4n) is 3.36. The molecule has 1 aromatic heterocycles. The monoisotopic (exact) mass is 296 g/mol. The van der Waals surface area contributed by atoms with Crippen LogP contribution < -0.4 is 5.32 Å². The van der Waals surface area contributed by atoms with E-state index in [1.165, 1.54) is 4.90 Å². The van der Waals surface area contributed by atoms with Gasteiger partial charge in [0.05, 0.1) is 0 Å². The Bertz CT molecular complexity index is 525. The molecule has 1 aliphatic heterocycles. The summed E-state index contributed by atoms with van der Waals surface area (Å²) >= 11 is 5.79. The molecule has 3 atom stereocenters. The van der Waals surface area contributed by atoms with Gasteiger partial charge in [-0.15, -0.1) is 10.2 Å². The molecule has 6 nitrogen and oxygen atoms in total. The van der Waals surface area contributed by atoms with Crippen molar-refractivity contribution in [1.82, 2.24) is 15.1 Å². The Hall–Kier alpha value is -1.56. The van der Waals surface area contributed by atoms with Crippen molar-refractivity contribution in [2.75, 3.05) is 18.4 Å². The van der Waals surface area contributed by atoms with Gasteiger partial charge in [0.25, 0.3) is 0 Å². The van der Waals surface area contributed by atoms with Crippen LogP contribution in [0.3, 0.4) is 0 Å². The van der Waals surface area contributed by atoms with Crippen LogP contribution in [0, 0.1) is 18.8 Å². The van der Waals surface area contributed by atoms with Gasteiger partial charge in [0.2, 0.25) is 0 Å². The van der Waals surface area contributed by atoms with Gasteiger partial charge in [-0.25, -0.2) is 4.79 Å². The summed E-state index contributed by atoms with van der Waals surface area (Å²) in [6.07, 6.45) is 1.17. The first-order chi connectivity index (χ1) is 9.52. The molecule has 2 N–H and O–H groups in total. The molecule has 1 unspecified atom stereocenters. The van der Waals surface area contributed by atoms with Gasteiger partial charge >= 0.3 is 6.09 Å². The van der Waals surface area contributed by atoms with Gasteiger partial charge in [-0.05, 0) is 43.2 Å². The number of amides is 1. The number of rotatable bonds is 2.